The third-order valence-electron chi connectivity index (χ3n) is 2.24. The van der Waals surface area contributed by atoms with Crippen LogP contribution in [0.3, 0.4) is 0 Å². The number of hydrogen-bond acceptors (Lipinski definition) is 5. The summed E-state index contributed by atoms with van der Waals surface area (Å²) in [6.07, 6.45) is 3.26. The molecule has 0 fully saturated rings. The van der Waals surface area contributed by atoms with Crippen LogP contribution >= 0.6 is 0 Å². The van der Waals surface area contributed by atoms with E-state index in [0.29, 0.717) is 24.2 Å². The van der Waals surface area contributed by atoms with E-state index in [-0.39, 0.29) is 6.04 Å². The van der Waals surface area contributed by atoms with Gasteiger partial charge in [0, 0.05) is 12.6 Å². The maximum Gasteiger partial charge on any atom is 0.223 e. The number of nitrogens with zero attached hydrogens (tertiary/aromatic N) is 2. The number of hydrogen-bond donors (Lipinski definition) is 2. The highest BCUT2D eigenvalue weighted by molar-refractivity contribution is 5.28. The minimum atomic E-state index is 0.193. The van der Waals surface area contributed by atoms with E-state index in [9.17, 15) is 0 Å². The van der Waals surface area contributed by atoms with Gasteiger partial charge in [0.05, 0.1) is 19.5 Å². The van der Waals surface area contributed by atoms with E-state index in [2.05, 4.69) is 29.1 Å². The highest BCUT2D eigenvalue weighted by Crippen LogP contribution is 2.10. The zero-order chi connectivity index (χ0) is 11.3. The molecule has 1 aromatic heterocycles. The molecule has 15 heavy (non-hydrogen) atoms. The molecule has 1 unspecified atom stereocenters. The second-order valence-corrected chi connectivity index (χ2v) is 3.68. The molecule has 84 valence electrons. The third kappa shape index (κ3) is 3.36. The molecular weight excluding hydrogens is 192 g/mol. The van der Waals surface area contributed by atoms with Gasteiger partial charge in [-0.1, -0.05) is 13.8 Å². The Balaban J connectivity index is 2.63. The van der Waals surface area contributed by atoms with Gasteiger partial charge in [-0.3, -0.25) is 0 Å². The zero-order valence-electron chi connectivity index (χ0n) is 9.40. The van der Waals surface area contributed by atoms with Crippen molar-refractivity contribution in [3.8, 4) is 5.75 Å². The smallest absolute Gasteiger partial charge is 0.223 e. The van der Waals surface area contributed by atoms with Gasteiger partial charge in [-0.25, -0.2) is 9.97 Å². The maximum absolute atomic E-state index is 5.63. The predicted octanol–water partition coefficient (Wildman–Crippen LogP) is 0.880. The first kappa shape index (κ1) is 11.7. The molecule has 1 aromatic rings. The molecule has 5 nitrogen and oxygen atoms in total. The van der Waals surface area contributed by atoms with Gasteiger partial charge in [0.2, 0.25) is 5.95 Å². The fraction of sp³-hybridized carbons (Fsp3) is 0.600. The summed E-state index contributed by atoms with van der Waals surface area (Å²) >= 11 is 0. The van der Waals surface area contributed by atoms with Crippen LogP contribution in [0, 0.1) is 5.92 Å². The number of nitrogens with one attached hydrogen (secondary N) is 1. The molecule has 0 amide bonds. The Morgan fingerprint density at radius 1 is 1.40 bits per heavy atom. The number of rotatable bonds is 5. The van der Waals surface area contributed by atoms with Crippen LogP contribution in [0.2, 0.25) is 0 Å². The summed E-state index contributed by atoms with van der Waals surface area (Å²) in [6, 6.07) is 0.193. The Morgan fingerprint density at radius 3 is 2.40 bits per heavy atom. The fourth-order valence-electron chi connectivity index (χ4n) is 1.16. The first-order valence-corrected chi connectivity index (χ1v) is 5.00. The van der Waals surface area contributed by atoms with Crippen LogP contribution in [-0.4, -0.2) is 29.7 Å². The van der Waals surface area contributed by atoms with Gasteiger partial charge in [-0.05, 0) is 5.92 Å². The molecule has 0 aliphatic heterocycles. The van der Waals surface area contributed by atoms with E-state index >= 15 is 0 Å². The van der Waals surface area contributed by atoms with Crippen molar-refractivity contribution in [2.24, 2.45) is 11.7 Å². The van der Waals surface area contributed by atoms with Crippen molar-refractivity contribution in [3.63, 3.8) is 0 Å². The van der Waals surface area contributed by atoms with Gasteiger partial charge < -0.3 is 15.8 Å². The highest BCUT2D eigenvalue weighted by atomic mass is 16.5. The van der Waals surface area contributed by atoms with Crippen molar-refractivity contribution in [1.29, 1.82) is 0 Å². The molecule has 5 heteroatoms. The molecular formula is C10H18N4O. The average Bonchev–Trinajstić information content (AvgIpc) is 2.26. The quantitative estimate of drug-likeness (QED) is 0.754. The number of anilines is 1. The molecule has 0 saturated carbocycles. The van der Waals surface area contributed by atoms with Gasteiger partial charge >= 0.3 is 0 Å². The second-order valence-electron chi connectivity index (χ2n) is 3.68. The van der Waals surface area contributed by atoms with Crippen molar-refractivity contribution < 1.29 is 4.74 Å². The lowest BCUT2D eigenvalue weighted by Gasteiger charge is -2.20. The molecule has 0 aliphatic rings. The first-order chi connectivity index (χ1) is 7.17. The summed E-state index contributed by atoms with van der Waals surface area (Å²) in [5, 5.41) is 3.18. The van der Waals surface area contributed by atoms with Crippen LogP contribution in [-0.2, 0) is 0 Å². The number of methoxy groups -OCH3 is 1. The standard InChI is InChI=1S/C10H18N4O/c1-7(2)9(4-11)14-10-12-5-8(15-3)6-13-10/h5-7,9H,4,11H2,1-3H3,(H,12,13,14). The Morgan fingerprint density at radius 2 is 2.00 bits per heavy atom. The van der Waals surface area contributed by atoms with Crippen molar-refractivity contribution in [3.05, 3.63) is 12.4 Å². The Hall–Kier alpha value is -1.36. The number of aromatic nitrogens is 2. The SMILES string of the molecule is COc1cnc(NC(CN)C(C)C)nc1. The highest BCUT2D eigenvalue weighted by Gasteiger charge is 2.11. The Labute approximate surface area is 90.1 Å². The molecule has 3 N–H and O–H groups in total. The normalized spacial score (nSPS) is 12.6. The molecule has 1 atom stereocenters. The molecule has 0 saturated heterocycles. The van der Waals surface area contributed by atoms with Crippen LogP contribution in [0.5, 0.6) is 5.75 Å². The summed E-state index contributed by atoms with van der Waals surface area (Å²) < 4.78 is 4.97. The Bertz CT molecular complexity index is 286. The van der Waals surface area contributed by atoms with Gasteiger partial charge in [0.15, 0.2) is 5.75 Å². The molecule has 0 aromatic carbocycles. The molecule has 0 spiro atoms. The summed E-state index contributed by atoms with van der Waals surface area (Å²) in [7, 11) is 1.59. The van der Waals surface area contributed by atoms with Crippen LogP contribution in [0.15, 0.2) is 12.4 Å². The minimum Gasteiger partial charge on any atom is -0.494 e. The van der Waals surface area contributed by atoms with Crippen LogP contribution in [0.1, 0.15) is 13.8 Å². The molecule has 0 bridgehead atoms. The summed E-state index contributed by atoms with van der Waals surface area (Å²) in [5.74, 6) is 1.68. The van der Waals surface area contributed by atoms with E-state index in [1.807, 2.05) is 0 Å². The zero-order valence-corrected chi connectivity index (χ0v) is 9.40. The largest absolute Gasteiger partial charge is 0.494 e. The maximum atomic E-state index is 5.63. The molecule has 0 aliphatic carbocycles. The first-order valence-electron chi connectivity index (χ1n) is 5.00. The van der Waals surface area contributed by atoms with E-state index < -0.39 is 0 Å². The van der Waals surface area contributed by atoms with Gasteiger partial charge in [0.1, 0.15) is 0 Å². The molecule has 1 rings (SSSR count). The minimum absolute atomic E-state index is 0.193. The number of nitrogens with two attached hydrogens (primary N) is 1. The third-order valence-corrected chi connectivity index (χ3v) is 2.24. The van der Waals surface area contributed by atoms with Gasteiger partial charge in [-0.2, -0.15) is 0 Å². The average molecular weight is 210 g/mol. The van der Waals surface area contributed by atoms with Crippen molar-refractivity contribution >= 4 is 5.95 Å². The summed E-state index contributed by atoms with van der Waals surface area (Å²) in [4.78, 5) is 8.23. The second kappa shape index (κ2) is 5.50. The van der Waals surface area contributed by atoms with Crippen molar-refractivity contribution in [2.75, 3.05) is 19.0 Å². The Kier molecular flexibility index (Phi) is 4.30. The molecule has 0 radical (unpaired) electrons. The van der Waals surface area contributed by atoms with Crippen LogP contribution in [0.25, 0.3) is 0 Å². The van der Waals surface area contributed by atoms with E-state index in [1.54, 1.807) is 19.5 Å². The van der Waals surface area contributed by atoms with E-state index in [0.717, 1.165) is 0 Å². The lowest BCUT2D eigenvalue weighted by molar-refractivity contribution is 0.410. The molecule has 1 heterocycles. The van der Waals surface area contributed by atoms with Gasteiger partial charge in [0.25, 0.3) is 0 Å². The predicted molar refractivity (Wildman–Crippen MR) is 59.9 cm³/mol. The van der Waals surface area contributed by atoms with E-state index in [1.165, 1.54) is 0 Å². The van der Waals surface area contributed by atoms with Crippen molar-refractivity contribution in [2.45, 2.75) is 19.9 Å². The fourth-order valence-corrected chi connectivity index (χ4v) is 1.16. The van der Waals surface area contributed by atoms with Crippen LogP contribution < -0.4 is 15.8 Å². The summed E-state index contributed by atoms with van der Waals surface area (Å²) in [5.41, 5.74) is 5.63. The lowest BCUT2D eigenvalue weighted by Crippen LogP contribution is -2.34. The topological polar surface area (TPSA) is 73.1 Å². The van der Waals surface area contributed by atoms with Gasteiger partial charge in [-0.15, -0.1) is 0 Å². The summed E-state index contributed by atoms with van der Waals surface area (Å²) in [6.45, 7) is 4.77. The van der Waals surface area contributed by atoms with Crippen LogP contribution in [0.4, 0.5) is 5.95 Å². The monoisotopic (exact) mass is 210 g/mol. The van der Waals surface area contributed by atoms with E-state index in [4.69, 9.17) is 10.5 Å². The lowest BCUT2D eigenvalue weighted by atomic mass is 10.1. The van der Waals surface area contributed by atoms with Crippen molar-refractivity contribution in [1.82, 2.24) is 9.97 Å². The number of ether oxygens (including phenoxy) is 1.